The molecule has 4 rings (SSSR count). The number of nitrogens with zero attached hydrogens (tertiary/aromatic N) is 2. The Labute approximate surface area is 159 Å². The fraction of sp³-hybridized carbons (Fsp3) is 0.273. The average Bonchev–Trinajstić information content (AvgIpc) is 2.73. The zero-order chi connectivity index (χ0) is 18.5. The zero-order valence-corrected chi connectivity index (χ0v) is 15.2. The summed E-state index contributed by atoms with van der Waals surface area (Å²) in [6, 6.07) is 17.8. The van der Waals surface area contributed by atoms with E-state index >= 15 is 0 Å². The molecule has 5 nitrogen and oxygen atoms in total. The SMILES string of the molecule is O=C(NCc1ccccc1CN1CCOCC1)c1cccc2cccnc12. The molecule has 1 saturated heterocycles. The number of para-hydroxylation sites is 1. The highest BCUT2D eigenvalue weighted by Crippen LogP contribution is 2.17. The third-order valence-electron chi connectivity index (χ3n) is 4.93. The lowest BCUT2D eigenvalue weighted by Crippen LogP contribution is -2.36. The van der Waals surface area contributed by atoms with Crippen LogP contribution in [0.2, 0.25) is 0 Å². The molecule has 1 amide bonds. The third-order valence-corrected chi connectivity index (χ3v) is 4.93. The Kier molecular flexibility index (Phi) is 5.42. The van der Waals surface area contributed by atoms with E-state index in [1.807, 2.05) is 36.4 Å². The number of aromatic nitrogens is 1. The summed E-state index contributed by atoms with van der Waals surface area (Å²) in [5, 5.41) is 4.03. The summed E-state index contributed by atoms with van der Waals surface area (Å²) in [5.41, 5.74) is 3.74. The van der Waals surface area contributed by atoms with E-state index in [9.17, 15) is 4.79 Å². The van der Waals surface area contributed by atoms with Crippen LogP contribution in [0.4, 0.5) is 0 Å². The molecule has 2 heterocycles. The smallest absolute Gasteiger partial charge is 0.253 e. The summed E-state index contributed by atoms with van der Waals surface area (Å²) in [6.45, 7) is 4.85. The van der Waals surface area contributed by atoms with Gasteiger partial charge in [-0.3, -0.25) is 14.7 Å². The van der Waals surface area contributed by atoms with Gasteiger partial charge in [0.2, 0.25) is 0 Å². The molecule has 1 aromatic heterocycles. The molecule has 0 bridgehead atoms. The molecule has 1 aliphatic heterocycles. The predicted octanol–water partition coefficient (Wildman–Crippen LogP) is 3.00. The molecule has 1 aliphatic rings. The van der Waals surface area contributed by atoms with E-state index in [0.717, 1.165) is 49.3 Å². The van der Waals surface area contributed by atoms with E-state index in [-0.39, 0.29) is 5.91 Å². The number of benzene rings is 2. The Balaban J connectivity index is 1.47. The van der Waals surface area contributed by atoms with Crippen molar-refractivity contribution in [3.8, 4) is 0 Å². The molecular weight excluding hydrogens is 338 g/mol. The maximum atomic E-state index is 12.8. The lowest BCUT2D eigenvalue weighted by Gasteiger charge is -2.27. The molecule has 1 N–H and O–H groups in total. The summed E-state index contributed by atoms with van der Waals surface area (Å²) in [4.78, 5) is 19.5. The minimum Gasteiger partial charge on any atom is -0.379 e. The number of nitrogens with one attached hydrogen (secondary N) is 1. The Morgan fingerprint density at radius 2 is 1.78 bits per heavy atom. The number of rotatable bonds is 5. The van der Waals surface area contributed by atoms with Crippen molar-refractivity contribution < 1.29 is 9.53 Å². The van der Waals surface area contributed by atoms with Crippen molar-refractivity contribution in [2.45, 2.75) is 13.1 Å². The van der Waals surface area contributed by atoms with Gasteiger partial charge in [0, 0.05) is 37.8 Å². The minimum atomic E-state index is -0.0968. The maximum absolute atomic E-state index is 12.8. The highest BCUT2D eigenvalue weighted by Gasteiger charge is 2.14. The first-order valence-electron chi connectivity index (χ1n) is 9.30. The topological polar surface area (TPSA) is 54.5 Å². The number of carbonyl (C=O) groups excluding carboxylic acids is 1. The molecule has 0 atom stereocenters. The van der Waals surface area contributed by atoms with Crippen LogP contribution in [-0.4, -0.2) is 42.1 Å². The largest absolute Gasteiger partial charge is 0.379 e. The van der Waals surface area contributed by atoms with Crippen molar-refractivity contribution in [1.29, 1.82) is 0 Å². The van der Waals surface area contributed by atoms with Crippen LogP contribution >= 0.6 is 0 Å². The van der Waals surface area contributed by atoms with Crippen molar-refractivity contribution in [2.75, 3.05) is 26.3 Å². The molecule has 138 valence electrons. The Morgan fingerprint density at radius 3 is 2.63 bits per heavy atom. The molecule has 0 spiro atoms. The number of ether oxygens (including phenoxy) is 1. The van der Waals surface area contributed by atoms with Crippen LogP contribution in [-0.2, 0) is 17.8 Å². The first-order chi connectivity index (χ1) is 13.3. The summed E-state index contributed by atoms with van der Waals surface area (Å²) in [6.07, 6.45) is 1.72. The van der Waals surface area contributed by atoms with Gasteiger partial charge in [-0.15, -0.1) is 0 Å². The van der Waals surface area contributed by atoms with Crippen LogP contribution in [0, 0.1) is 0 Å². The van der Waals surface area contributed by atoms with Crippen molar-refractivity contribution in [1.82, 2.24) is 15.2 Å². The molecule has 5 heteroatoms. The first kappa shape index (κ1) is 17.6. The van der Waals surface area contributed by atoms with E-state index in [0.29, 0.717) is 12.1 Å². The molecule has 27 heavy (non-hydrogen) atoms. The number of hydrogen-bond acceptors (Lipinski definition) is 4. The normalized spacial score (nSPS) is 15.0. The van der Waals surface area contributed by atoms with Crippen molar-refractivity contribution in [3.63, 3.8) is 0 Å². The average molecular weight is 361 g/mol. The summed E-state index contributed by atoms with van der Waals surface area (Å²) >= 11 is 0. The number of carbonyl (C=O) groups is 1. The summed E-state index contributed by atoms with van der Waals surface area (Å²) in [5.74, 6) is -0.0968. The van der Waals surface area contributed by atoms with Crippen LogP contribution in [0.15, 0.2) is 60.8 Å². The molecule has 0 saturated carbocycles. The van der Waals surface area contributed by atoms with Crippen molar-refractivity contribution >= 4 is 16.8 Å². The molecule has 2 aromatic carbocycles. The second-order valence-electron chi connectivity index (χ2n) is 6.72. The third kappa shape index (κ3) is 4.15. The van der Waals surface area contributed by atoms with E-state index in [4.69, 9.17) is 4.74 Å². The number of fused-ring (bicyclic) bond motifs is 1. The van der Waals surface area contributed by atoms with E-state index in [1.54, 1.807) is 6.20 Å². The van der Waals surface area contributed by atoms with Crippen LogP contribution in [0.25, 0.3) is 10.9 Å². The molecule has 1 fully saturated rings. The van der Waals surface area contributed by atoms with Gasteiger partial charge in [0.15, 0.2) is 0 Å². The van der Waals surface area contributed by atoms with E-state index < -0.39 is 0 Å². The lowest BCUT2D eigenvalue weighted by molar-refractivity contribution is 0.0340. The number of amides is 1. The quantitative estimate of drug-likeness (QED) is 0.759. The second kappa shape index (κ2) is 8.29. The van der Waals surface area contributed by atoms with Gasteiger partial charge in [0.1, 0.15) is 0 Å². The van der Waals surface area contributed by atoms with Crippen LogP contribution < -0.4 is 5.32 Å². The fourth-order valence-electron chi connectivity index (χ4n) is 3.44. The predicted molar refractivity (Wildman–Crippen MR) is 105 cm³/mol. The van der Waals surface area contributed by atoms with Gasteiger partial charge in [-0.25, -0.2) is 0 Å². The monoisotopic (exact) mass is 361 g/mol. The number of pyridine rings is 1. The summed E-state index contributed by atoms with van der Waals surface area (Å²) < 4.78 is 5.43. The molecule has 0 radical (unpaired) electrons. The Morgan fingerprint density at radius 1 is 1.00 bits per heavy atom. The number of hydrogen-bond donors (Lipinski definition) is 1. The fourth-order valence-corrected chi connectivity index (χ4v) is 3.44. The zero-order valence-electron chi connectivity index (χ0n) is 15.2. The molecule has 0 unspecified atom stereocenters. The highest BCUT2D eigenvalue weighted by atomic mass is 16.5. The minimum absolute atomic E-state index is 0.0968. The Bertz CT molecular complexity index is 930. The molecule has 3 aromatic rings. The van der Waals surface area contributed by atoms with Gasteiger partial charge in [0.05, 0.1) is 24.3 Å². The summed E-state index contributed by atoms with van der Waals surface area (Å²) in [7, 11) is 0. The van der Waals surface area contributed by atoms with Gasteiger partial charge in [-0.1, -0.05) is 42.5 Å². The lowest BCUT2D eigenvalue weighted by atomic mass is 10.1. The van der Waals surface area contributed by atoms with Crippen molar-refractivity contribution in [3.05, 3.63) is 77.5 Å². The van der Waals surface area contributed by atoms with Gasteiger partial charge >= 0.3 is 0 Å². The van der Waals surface area contributed by atoms with Crippen LogP contribution in [0.3, 0.4) is 0 Å². The van der Waals surface area contributed by atoms with Gasteiger partial charge in [-0.2, -0.15) is 0 Å². The van der Waals surface area contributed by atoms with Gasteiger partial charge < -0.3 is 10.1 Å². The van der Waals surface area contributed by atoms with E-state index in [1.165, 1.54) is 5.56 Å². The highest BCUT2D eigenvalue weighted by molar-refractivity contribution is 6.05. The number of morpholine rings is 1. The maximum Gasteiger partial charge on any atom is 0.253 e. The first-order valence-corrected chi connectivity index (χ1v) is 9.30. The molecule has 0 aliphatic carbocycles. The Hall–Kier alpha value is -2.76. The van der Waals surface area contributed by atoms with Gasteiger partial charge in [0.25, 0.3) is 5.91 Å². The van der Waals surface area contributed by atoms with Gasteiger partial charge in [-0.05, 0) is 23.3 Å². The second-order valence-corrected chi connectivity index (χ2v) is 6.72. The van der Waals surface area contributed by atoms with Crippen molar-refractivity contribution in [2.24, 2.45) is 0 Å². The van der Waals surface area contributed by atoms with Crippen LogP contribution in [0.1, 0.15) is 21.5 Å². The molecular formula is C22H23N3O2. The van der Waals surface area contributed by atoms with Crippen LogP contribution in [0.5, 0.6) is 0 Å². The van der Waals surface area contributed by atoms with E-state index in [2.05, 4.69) is 33.4 Å². The standard InChI is InChI=1S/C22H23N3O2/c26-22(20-9-3-7-17-8-4-10-23-21(17)20)24-15-18-5-1-2-6-19(18)16-25-11-13-27-14-12-25/h1-10H,11-16H2,(H,24,26).